The first kappa shape index (κ1) is 23.9. The number of amides is 1. The topological polar surface area (TPSA) is 63.2 Å². The van der Waals surface area contributed by atoms with Crippen molar-refractivity contribution in [3.8, 4) is 5.75 Å². The number of anilines is 1. The van der Waals surface area contributed by atoms with E-state index in [4.69, 9.17) is 16.3 Å². The Balaban J connectivity index is 0.00000182. The van der Waals surface area contributed by atoms with E-state index in [1.54, 1.807) is 24.4 Å². The maximum absolute atomic E-state index is 12.1. The lowest BCUT2D eigenvalue weighted by Gasteiger charge is -2.22. The molecule has 1 atom stereocenters. The van der Waals surface area contributed by atoms with Crippen LogP contribution in [-0.4, -0.2) is 35.0 Å². The van der Waals surface area contributed by atoms with Crippen LogP contribution in [0.15, 0.2) is 42.6 Å². The van der Waals surface area contributed by atoms with Crippen LogP contribution in [0.3, 0.4) is 0 Å². The standard InChI is InChI=1S/C18H20ClN3O2S.2ClH/c19-16-9-13(22-18(23)10-15-12-25-8-7-21-15)4-5-17(16)24-11-14-3-1-2-6-20-14;;/h1-6,9,15,21H,7-8,10-12H2,(H,22,23);2*1H. The summed E-state index contributed by atoms with van der Waals surface area (Å²) in [5.74, 6) is 2.62. The molecule has 0 radical (unpaired) electrons. The molecule has 2 aromatic rings. The fraction of sp³-hybridized carbons (Fsp3) is 0.333. The molecule has 1 fully saturated rings. The van der Waals surface area contributed by atoms with Crippen LogP contribution in [0.5, 0.6) is 5.75 Å². The lowest BCUT2D eigenvalue weighted by Crippen LogP contribution is -2.39. The average molecular weight is 451 g/mol. The summed E-state index contributed by atoms with van der Waals surface area (Å²) in [5, 5.41) is 6.70. The summed E-state index contributed by atoms with van der Waals surface area (Å²) in [4.78, 5) is 16.3. The predicted octanol–water partition coefficient (Wildman–Crippen LogP) is 4.19. The number of thioether (sulfide) groups is 1. The van der Waals surface area contributed by atoms with Gasteiger partial charge in [-0.3, -0.25) is 9.78 Å². The average Bonchev–Trinajstić information content (AvgIpc) is 2.63. The molecule has 1 aliphatic heterocycles. The largest absolute Gasteiger partial charge is 0.486 e. The molecule has 2 N–H and O–H groups in total. The van der Waals surface area contributed by atoms with Gasteiger partial charge in [0.15, 0.2) is 0 Å². The maximum atomic E-state index is 12.1. The van der Waals surface area contributed by atoms with Crippen molar-refractivity contribution in [2.45, 2.75) is 19.1 Å². The molecule has 1 unspecified atom stereocenters. The van der Waals surface area contributed by atoms with Crippen LogP contribution >= 0.6 is 48.2 Å². The third kappa shape index (κ3) is 7.76. The van der Waals surface area contributed by atoms with E-state index in [1.165, 1.54) is 0 Å². The SMILES string of the molecule is Cl.Cl.O=C(CC1CSCCN1)Nc1ccc(OCc2ccccn2)c(Cl)c1. The summed E-state index contributed by atoms with van der Waals surface area (Å²) in [7, 11) is 0. The van der Waals surface area contributed by atoms with E-state index in [1.807, 2.05) is 30.0 Å². The van der Waals surface area contributed by atoms with E-state index >= 15 is 0 Å². The third-order valence-electron chi connectivity index (χ3n) is 3.75. The lowest BCUT2D eigenvalue weighted by atomic mass is 10.2. The Morgan fingerprint density at radius 1 is 1.33 bits per heavy atom. The van der Waals surface area contributed by atoms with Crippen molar-refractivity contribution in [1.82, 2.24) is 10.3 Å². The Morgan fingerprint density at radius 3 is 2.85 bits per heavy atom. The van der Waals surface area contributed by atoms with Gasteiger partial charge in [-0.15, -0.1) is 24.8 Å². The fourth-order valence-corrected chi connectivity index (χ4v) is 3.70. The number of nitrogens with zero attached hydrogens (tertiary/aromatic N) is 1. The van der Waals surface area contributed by atoms with Gasteiger partial charge in [-0.25, -0.2) is 0 Å². The van der Waals surface area contributed by atoms with Crippen LogP contribution in [-0.2, 0) is 11.4 Å². The van der Waals surface area contributed by atoms with Crippen LogP contribution < -0.4 is 15.4 Å². The minimum atomic E-state index is -0.0155. The van der Waals surface area contributed by atoms with Crippen molar-refractivity contribution in [3.63, 3.8) is 0 Å². The molecule has 1 aliphatic rings. The predicted molar refractivity (Wildman–Crippen MR) is 117 cm³/mol. The Labute approximate surface area is 180 Å². The first-order valence-electron chi connectivity index (χ1n) is 8.14. The number of ether oxygens (including phenoxy) is 1. The van der Waals surface area contributed by atoms with Crippen LogP contribution in [0, 0.1) is 0 Å². The first-order valence-corrected chi connectivity index (χ1v) is 9.67. The number of pyridine rings is 1. The maximum Gasteiger partial charge on any atom is 0.225 e. The summed E-state index contributed by atoms with van der Waals surface area (Å²) >= 11 is 8.13. The molecule has 5 nitrogen and oxygen atoms in total. The van der Waals surface area contributed by atoms with Crippen LogP contribution in [0.25, 0.3) is 0 Å². The van der Waals surface area contributed by atoms with Gasteiger partial charge in [0.25, 0.3) is 0 Å². The summed E-state index contributed by atoms with van der Waals surface area (Å²) in [6, 6.07) is 11.1. The van der Waals surface area contributed by atoms with Crippen molar-refractivity contribution < 1.29 is 9.53 Å². The number of hydrogen-bond acceptors (Lipinski definition) is 5. The minimum Gasteiger partial charge on any atom is -0.486 e. The zero-order valence-corrected chi connectivity index (χ0v) is 17.7. The number of carbonyl (C=O) groups excluding carboxylic acids is 1. The van der Waals surface area contributed by atoms with Gasteiger partial charge in [-0.05, 0) is 30.3 Å². The molecule has 3 rings (SSSR count). The van der Waals surface area contributed by atoms with Gasteiger partial charge in [-0.1, -0.05) is 17.7 Å². The molecule has 1 amide bonds. The van der Waals surface area contributed by atoms with Crippen molar-refractivity contribution in [3.05, 3.63) is 53.3 Å². The molecule has 27 heavy (non-hydrogen) atoms. The highest BCUT2D eigenvalue weighted by Gasteiger charge is 2.17. The second kappa shape index (κ2) is 12.3. The summed E-state index contributed by atoms with van der Waals surface area (Å²) in [6.45, 7) is 1.30. The molecular weight excluding hydrogens is 429 g/mol. The third-order valence-corrected chi connectivity index (χ3v) is 5.17. The molecule has 9 heteroatoms. The molecule has 0 saturated carbocycles. The van der Waals surface area contributed by atoms with E-state index in [0.717, 1.165) is 23.7 Å². The fourth-order valence-electron chi connectivity index (χ4n) is 2.52. The molecule has 148 valence electrons. The number of benzene rings is 1. The number of halogens is 3. The molecular formula is C18H22Cl3N3O2S. The number of carbonyl (C=O) groups is 1. The highest BCUT2D eigenvalue weighted by molar-refractivity contribution is 7.99. The van der Waals surface area contributed by atoms with Crippen LogP contribution in [0.1, 0.15) is 12.1 Å². The Bertz CT molecular complexity index is 716. The van der Waals surface area contributed by atoms with E-state index < -0.39 is 0 Å². The molecule has 0 spiro atoms. The quantitative estimate of drug-likeness (QED) is 0.691. The van der Waals surface area contributed by atoms with E-state index in [0.29, 0.717) is 29.5 Å². The number of aromatic nitrogens is 1. The van der Waals surface area contributed by atoms with Gasteiger partial charge in [0.1, 0.15) is 12.4 Å². The Hall–Kier alpha value is -1.18. The summed E-state index contributed by atoms with van der Waals surface area (Å²) in [5.41, 5.74) is 1.50. The second-order valence-corrected chi connectivity index (χ2v) is 7.29. The smallest absolute Gasteiger partial charge is 0.225 e. The molecule has 1 saturated heterocycles. The molecule has 2 heterocycles. The zero-order valence-electron chi connectivity index (χ0n) is 14.5. The van der Waals surface area contributed by atoms with Crippen molar-refractivity contribution in [1.29, 1.82) is 0 Å². The molecule has 1 aromatic heterocycles. The normalized spacial score (nSPS) is 15.8. The van der Waals surface area contributed by atoms with Gasteiger partial charge in [0.2, 0.25) is 5.91 Å². The minimum absolute atomic E-state index is 0. The van der Waals surface area contributed by atoms with Crippen LogP contribution in [0.4, 0.5) is 5.69 Å². The van der Waals surface area contributed by atoms with Crippen LogP contribution in [0.2, 0.25) is 5.02 Å². The van der Waals surface area contributed by atoms with Crippen molar-refractivity contribution in [2.75, 3.05) is 23.4 Å². The van der Waals surface area contributed by atoms with Crippen molar-refractivity contribution in [2.24, 2.45) is 0 Å². The van der Waals surface area contributed by atoms with Gasteiger partial charge >= 0.3 is 0 Å². The van der Waals surface area contributed by atoms with Gasteiger partial charge < -0.3 is 15.4 Å². The number of hydrogen-bond donors (Lipinski definition) is 2. The van der Waals surface area contributed by atoms with Gasteiger partial charge in [0.05, 0.1) is 10.7 Å². The lowest BCUT2D eigenvalue weighted by molar-refractivity contribution is -0.116. The first-order chi connectivity index (χ1) is 12.2. The summed E-state index contributed by atoms with van der Waals surface area (Å²) in [6.07, 6.45) is 2.18. The van der Waals surface area contributed by atoms with E-state index in [2.05, 4.69) is 15.6 Å². The van der Waals surface area contributed by atoms with E-state index in [9.17, 15) is 4.79 Å². The van der Waals surface area contributed by atoms with Crippen molar-refractivity contribution >= 4 is 59.8 Å². The van der Waals surface area contributed by atoms with E-state index in [-0.39, 0.29) is 36.8 Å². The van der Waals surface area contributed by atoms with Gasteiger partial charge in [-0.2, -0.15) is 11.8 Å². The summed E-state index contributed by atoms with van der Waals surface area (Å²) < 4.78 is 5.68. The monoisotopic (exact) mass is 449 g/mol. The number of nitrogens with one attached hydrogen (secondary N) is 2. The highest BCUT2D eigenvalue weighted by Crippen LogP contribution is 2.28. The Kier molecular flexibility index (Phi) is 10.9. The highest BCUT2D eigenvalue weighted by atomic mass is 35.5. The van der Waals surface area contributed by atoms with Gasteiger partial charge in [0, 0.05) is 42.4 Å². The molecule has 0 aliphatic carbocycles. The molecule has 1 aromatic carbocycles. The Morgan fingerprint density at radius 2 is 2.19 bits per heavy atom. The zero-order chi connectivity index (χ0) is 17.5. The second-order valence-electron chi connectivity index (χ2n) is 5.73. The number of rotatable bonds is 6. The molecule has 0 bridgehead atoms.